The lowest BCUT2D eigenvalue weighted by molar-refractivity contribution is 0.0890. The van der Waals surface area contributed by atoms with E-state index in [0.29, 0.717) is 28.2 Å². The Morgan fingerprint density at radius 3 is 2.15 bits per heavy atom. The van der Waals surface area contributed by atoms with Crippen LogP contribution in [0, 0.1) is 25.5 Å². The smallest absolute Gasteiger partial charge is 0.269 e. The molecule has 172 valence electrons. The average Bonchev–Trinajstić information content (AvgIpc) is 3.23. The largest absolute Gasteiger partial charge is 0.506 e. The highest BCUT2D eigenvalue weighted by molar-refractivity contribution is 7.71. The standard InChI is InChI=1S/C26H23N3O4S/c1-14-8-4-6-10-18(14)28-24(31)21(23-20-17(13-33-23)12-27-16(3)22(20)30)25(32)29(26(28)34)19-11-7-5-9-15(19)2/h4-12,23,30-31H,13H2,1-3H3. The lowest BCUT2D eigenvalue weighted by atomic mass is 10.00. The highest BCUT2D eigenvalue weighted by atomic mass is 32.1. The van der Waals surface area contributed by atoms with Gasteiger partial charge in [0.15, 0.2) is 4.77 Å². The highest BCUT2D eigenvalue weighted by Crippen LogP contribution is 2.43. The molecular weight excluding hydrogens is 450 g/mol. The Kier molecular flexibility index (Phi) is 5.34. The first-order chi connectivity index (χ1) is 16.3. The van der Waals surface area contributed by atoms with Gasteiger partial charge < -0.3 is 14.9 Å². The maximum atomic E-state index is 14.0. The molecule has 2 aromatic carbocycles. The molecule has 3 heterocycles. The maximum Gasteiger partial charge on any atom is 0.269 e. The van der Waals surface area contributed by atoms with Gasteiger partial charge in [-0.1, -0.05) is 36.4 Å². The van der Waals surface area contributed by atoms with Crippen LogP contribution in [0.2, 0.25) is 0 Å². The van der Waals surface area contributed by atoms with Gasteiger partial charge in [-0.05, 0) is 56.2 Å². The van der Waals surface area contributed by atoms with Gasteiger partial charge in [0, 0.05) is 17.3 Å². The summed E-state index contributed by atoms with van der Waals surface area (Å²) in [4.78, 5) is 18.2. The van der Waals surface area contributed by atoms with Crippen molar-refractivity contribution >= 4 is 12.2 Å². The lowest BCUT2D eigenvalue weighted by Crippen LogP contribution is -2.29. The number of ether oxygens (including phenoxy) is 1. The van der Waals surface area contributed by atoms with Crippen LogP contribution in [-0.4, -0.2) is 24.3 Å². The zero-order valence-electron chi connectivity index (χ0n) is 18.9. The van der Waals surface area contributed by atoms with Crippen LogP contribution in [0.1, 0.15) is 39.6 Å². The predicted octanol–water partition coefficient (Wildman–Crippen LogP) is 4.71. The minimum Gasteiger partial charge on any atom is -0.506 e. The second-order valence-electron chi connectivity index (χ2n) is 8.39. The third kappa shape index (κ3) is 3.26. The van der Waals surface area contributed by atoms with E-state index in [1.54, 1.807) is 13.1 Å². The van der Waals surface area contributed by atoms with Crippen molar-refractivity contribution in [2.45, 2.75) is 33.5 Å². The van der Waals surface area contributed by atoms with Crippen LogP contribution in [0.4, 0.5) is 0 Å². The number of para-hydroxylation sites is 2. The van der Waals surface area contributed by atoms with Crippen molar-refractivity contribution in [1.29, 1.82) is 0 Å². The Balaban J connectivity index is 1.91. The summed E-state index contributed by atoms with van der Waals surface area (Å²) in [5.41, 5.74) is 3.97. The number of hydrogen-bond donors (Lipinski definition) is 2. The number of rotatable bonds is 3. The number of pyridine rings is 1. The van der Waals surface area contributed by atoms with E-state index in [-0.39, 0.29) is 28.6 Å². The van der Waals surface area contributed by atoms with Gasteiger partial charge in [-0.2, -0.15) is 0 Å². The third-order valence-electron chi connectivity index (χ3n) is 6.27. The molecule has 0 saturated heterocycles. The summed E-state index contributed by atoms with van der Waals surface area (Å²) in [5, 5.41) is 22.3. The quantitative estimate of drug-likeness (QED) is 0.419. The molecule has 0 spiro atoms. The first-order valence-corrected chi connectivity index (χ1v) is 11.2. The topological polar surface area (TPSA) is 89.5 Å². The SMILES string of the molecule is Cc1ccccc1-n1c(O)c(C2OCc3cnc(C)c(O)c32)c(=O)n(-c2ccccc2C)c1=S. The molecular formula is C26H23N3O4S. The zero-order valence-corrected chi connectivity index (χ0v) is 19.8. The van der Waals surface area contributed by atoms with E-state index >= 15 is 0 Å². The van der Waals surface area contributed by atoms with E-state index in [1.807, 2.05) is 62.4 Å². The van der Waals surface area contributed by atoms with Crippen molar-refractivity contribution < 1.29 is 14.9 Å². The molecule has 5 rings (SSSR count). The Morgan fingerprint density at radius 1 is 0.941 bits per heavy atom. The van der Waals surface area contributed by atoms with Gasteiger partial charge in [-0.25, -0.2) is 0 Å². The summed E-state index contributed by atoms with van der Waals surface area (Å²) in [6.45, 7) is 5.63. The Labute approximate surface area is 201 Å². The summed E-state index contributed by atoms with van der Waals surface area (Å²) in [6.07, 6.45) is 0.642. The normalized spacial score (nSPS) is 14.9. The fraction of sp³-hybridized carbons (Fsp3) is 0.192. The minimum absolute atomic E-state index is 0.000226. The molecule has 8 heteroatoms. The summed E-state index contributed by atoms with van der Waals surface area (Å²) < 4.78 is 9.00. The molecule has 0 saturated carbocycles. The van der Waals surface area contributed by atoms with Gasteiger partial charge in [-0.3, -0.25) is 18.9 Å². The Morgan fingerprint density at radius 2 is 1.53 bits per heavy atom. The van der Waals surface area contributed by atoms with Crippen LogP contribution in [0.15, 0.2) is 59.5 Å². The van der Waals surface area contributed by atoms with E-state index < -0.39 is 11.7 Å². The first kappa shape index (κ1) is 22.1. The molecule has 34 heavy (non-hydrogen) atoms. The lowest BCUT2D eigenvalue weighted by Gasteiger charge is -2.22. The predicted molar refractivity (Wildman–Crippen MR) is 131 cm³/mol. The molecule has 0 aliphatic carbocycles. The molecule has 1 atom stereocenters. The van der Waals surface area contributed by atoms with Gasteiger partial charge >= 0.3 is 0 Å². The molecule has 0 radical (unpaired) electrons. The molecule has 1 aliphatic heterocycles. The van der Waals surface area contributed by atoms with Gasteiger partial charge in [0.2, 0.25) is 5.88 Å². The number of fused-ring (bicyclic) bond motifs is 1. The molecule has 0 fully saturated rings. The number of aryl methyl sites for hydroxylation is 3. The minimum atomic E-state index is -0.981. The number of hydrogen-bond acceptors (Lipinski definition) is 6. The van der Waals surface area contributed by atoms with Crippen molar-refractivity contribution in [2.75, 3.05) is 0 Å². The van der Waals surface area contributed by atoms with E-state index in [9.17, 15) is 15.0 Å². The van der Waals surface area contributed by atoms with Crippen LogP contribution in [0.5, 0.6) is 11.6 Å². The van der Waals surface area contributed by atoms with Crippen LogP contribution >= 0.6 is 12.2 Å². The summed E-state index contributed by atoms with van der Waals surface area (Å²) in [5.74, 6) is -0.369. The molecule has 1 aliphatic rings. The van der Waals surface area contributed by atoms with Crippen LogP contribution in [-0.2, 0) is 11.3 Å². The van der Waals surface area contributed by atoms with E-state index in [0.717, 1.165) is 11.1 Å². The fourth-order valence-electron chi connectivity index (χ4n) is 4.45. The summed E-state index contributed by atoms with van der Waals surface area (Å²) in [7, 11) is 0. The molecule has 2 N–H and O–H groups in total. The number of nitrogens with zero attached hydrogens (tertiary/aromatic N) is 3. The Bertz CT molecular complexity index is 1570. The van der Waals surface area contributed by atoms with Crippen molar-refractivity contribution in [2.24, 2.45) is 0 Å². The van der Waals surface area contributed by atoms with Crippen LogP contribution in [0.25, 0.3) is 11.4 Å². The van der Waals surface area contributed by atoms with Crippen molar-refractivity contribution in [1.82, 2.24) is 14.1 Å². The molecule has 2 aromatic heterocycles. The summed E-state index contributed by atoms with van der Waals surface area (Å²) >= 11 is 5.77. The first-order valence-electron chi connectivity index (χ1n) is 10.8. The highest BCUT2D eigenvalue weighted by Gasteiger charge is 2.36. The van der Waals surface area contributed by atoms with Crippen LogP contribution < -0.4 is 5.56 Å². The van der Waals surface area contributed by atoms with E-state index in [1.165, 1.54) is 9.13 Å². The molecule has 7 nitrogen and oxygen atoms in total. The molecule has 0 amide bonds. The monoisotopic (exact) mass is 473 g/mol. The van der Waals surface area contributed by atoms with E-state index in [4.69, 9.17) is 17.0 Å². The average molecular weight is 474 g/mol. The number of aromatic nitrogens is 3. The van der Waals surface area contributed by atoms with E-state index in [2.05, 4.69) is 4.98 Å². The van der Waals surface area contributed by atoms with Gasteiger partial charge in [0.25, 0.3) is 5.56 Å². The van der Waals surface area contributed by atoms with Gasteiger partial charge in [0.1, 0.15) is 17.4 Å². The van der Waals surface area contributed by atoms with Gasteiger partial charge in [-0.15, -0.1) is 0 Å². The molecule has 0 bridgehead atoms. The van der Waals surface area contributed by atoms with Crippen molar-refractivity contribution in [3.8, 4) is 23.0 Å². The zero-order chi connectivity index (χ0) is 24.1. The van der Waals surface area contributed by atoms with Crippen molar-refractivity contribution in [3.63, 3.8) is 0 Å². The van der Waals surface area contributed by atoms with Crippen molar-refractivity contribution in [3.05, 3.63) is 103 Å². The third-order valence-corrected chi connectivity index (χ3v) is 6.63. The van der Waals surface area contributed by atoms with Crippen LogP contribution in [0.3, 0.4) is 0 Å². The second-order valence-corrected chi connectivity index (χ2v) is 8.76. The fourth-order valence-corrected chi connectivity index (χ4v) is 4.81. The summed E-state index contributed by atoms with van der Waals surface area (Å²) in [6, 6.07) is 14.9. The second kappa shape index (κ2) is 8.23. The molecule has 1 unspecified atom stereocenters. The number of benzene rings is 2. The Hall–Kier alpha value is -3.75. The van der Waals surface area contributed by atoms with Gasteiger partial charge in [0.05, 0.1) is 23.7 Å². The number of aromatic hydroxyl groups is 2. The molecule has 4 aromatic rings. The maximum absolute atomic E-state index is 14.0.